The molecule has 0 heterocycles. The molecule has 1 aliphatic rings. The van der Waals surface area contributed by atoms with Crippen molar-refractivity contribution in [3.63, 3.8) is 0 Å². The smallest absolute Gasteiger partial charge is 0.394 e. The maximum Gasteiger partial charge on any atom is 0.394 e. The number of alkyl halides is 3. The zero-order chi connectivity index (χ0) is 11.7. The Bertz CT molecular complexity index is 222. The van der Waals surface area contributed by atoms with E-state index in [-0.39, 0.29) is 25.9 Å². The molecule has 0 amide bonds. The number of aliphatic hydroxyl groups excluding tert-OH is 1. The summed E-state index contributed by atoms with van der Waals surface area (Å²) in [6, 6.07) is 0. The van der Waals surface area contributed by atoms with Crippen LogP contribution in [-0.4, -0.2) is 36.6 Å². The Morgan fingerprint density at radius 1 is 1.53 bits per heavy atom. The lowest BCUT2D eigenvalue weighted by Crippen LogP contribution is -2.54. The van der Waals surface area contributed by atoms with Crippen LogP contribution in [0.15, 0.2) is 0 Å². The molecule has 0 aliphatic heterocycles. The molecule has 0 aromatic carbocycles. The van der Waals surface area contributed by atoms with Crippen LogP contribution in [0.25, 0.3) is 0 Å². The van der Waals surface area contributed by atoms with E-state index < -0.39 is 23.7 Å². The molecule has 1 fully saturated rings. The lowest BCUT2D eigenvalue weighted by Gasteiger charge is -2.41. The zero-order valence-electron chi connectivity index (χ0n) is 8.55. The van der Waals surface area contributed by atoms with Gasteiger partial charge in [0.25, 0.3) is 0 Å². The SMILES string of the molecule is COC1CC(N)(CO)CCC1C(F)(F)F. The van der Waals surface area contributed by atoms with E-state index >= 15 is 0 Å². The maximum atomic E-state index is 12.6. The standard InChI is InChI=1S/C9H16F3NO2/c1-15-7-4-8(13,5-14)3-2-6(7)9(10,11)12/h6-7,14H,2-5,13H2,1H3. The number of aliphatic hydroxyl groups is 1. The summed E-state index contributed by atoms with van der Waals surface area (Å²) in [5.41, 5.74) is 4.80. The molecule has 90 valence electrons. The van der Waals surface area contributed by atoms with Crippen molar-refractivity contribution >= 4 is 0 Å². The molecule has 0 saturated heterocycles. The van der Waals surface area contributed by atoms with Crippen molar-refractivity contribution in [2.24, 2.45) is 11.7 Å². The quantitative estimate of drug-likeness (QED) is 0.741. The topological polar surface area (TPSA) is 55.5 Å². The van der Waals surface area contributed by atoms with Crippen LogP contribution < -0.4 is 5.73 Å². The van der Waals surface area contributed by atoms with Crippen LogP contribution in [0.4, 0.5) is 13.2 Å². The second kappa shape index (κ2) is 4.27. The van der Waals surface area contributed by atoms with Crippen molar-refractivity contribution < 1.29 is 23.0 Å². The van der Waals surface area contributed by atoms with Gasteiger partial charge in [0.2, 0.25) is 0 Å². The third-order valence-corrected chi connectivity index (χ3v) is 3.05. The molecule has 3 atom stereocenters. The number of rotatable bonds is 2. The predicted molar refractivity (Wildman–Crippen MR) is 48.2 cm³/mol. The third-order valence-electron chi connectivity index (χ3n) is 3.05. The largest absolute Gasteiger partial charge is 0.394 e. The second-order valence-electron chi connectivity index (χ2n) is 4.19. The monoisotopic (exact) mass is 227 g/mol. The molecular formula is C9H16F3NO2. The highest BCUT2D eigenvalue weighted by Crippen LogP contribution is 2.41. The van der Waals surface area contributed by atoms with Gasteiger partial charge in [-0.2, -0.15) is 13.2 Å². The molecule has 1 aliphatic carbocycles. The summed E-state index contributed by atoms with van der Waals surface area (Å²) in [6.45, 7) is -0.308. The van der Waals surface area contributed by atoms with Crippen LogP contribution in [0, 0.1) is 5.92 Å². The van der Waals surface area contributed by atoms with E-state index in [1.165, 1.54) is 7.11 Å². The molecule has 6 heteroatoms. The lowest BCUT2D eigenvalue weighted by molar-refractivity contribution is -0.217. The van der Waals surface area contributed by atoms with Crippen molar-refractivity contribution in [1.29, 1.82) is 0 Å². The van der Waals surface area contributed by atoms with Crippen molar-refractivity contribution in [2.75, 3.05) is 13.7 Å². The molecule has 15 heavy (non-hydrogen) atoms. The minimum atomic E-state index is -4.25. The van der Waals surface area contributed by atoms with Crippen molar-refractivity contribution in [1.82, 2.24) is 0 Å². The van der Waals surface area contributed by atoms with Crippen LogP contribution in [0.5, 0.6) is 0 Å². The van der Waals surface area contributed by atoms with Gasteiger partial charge in [0, 0.05) is 12.6 Å². The van der Waals surface area contributed by atoms with E-state index in [0.29, 0.717) is 0 Å². The van der Waals surface area contributed by atoms with Crippen molar-refractivity contribution in [3.05, 3.63) is 0 Å². The lowest BCUT2D eigenvalue weighted by atomic mass is 9.75. The van der Waals surface area contributed by atoms with Crippen LogP contribution in [0.3, 0.4) is 0 Å². The summed E-state index contributed by atoms with van der Waals surface area (Å²) < 4.78 is 42.5. The molecule has 0 bridgehead atoms. The highest BCUT2D eigenvalue weighted by molar-refractivity contribution is 4.96. The van der Waals surface area contributed by atoms with Gasteiger partial charge in [-0.3, -0.25) is 0 Å². The summed E-state index contributed by atoms with van der Waals surface area (Å²) in [6.07, 6.45) is -5.07. The second-order valence-corrected chi connectivity index (χ2v) is 4.19. The molecule has 3 N–H and O–H groups in total. The summed E-state index contributed by atoms with van der Waals surface area (Å²) >= 11 is 0. The summed E-state index contributed by atoms with van der Waals surface area (Å²) in [4.78, 5) is 0. The number of methoxy groups -OCH3 is 1. The third kappa shape index (κ3) is 2.83. The summed E-state index contributed by atoms with van der Waals surface area (Å²) in [5, 5.41) is 8.99. The van der Waals surface area contributed by atoms with Gasteiger partial charge >= 0.3 is 6.18 Å². The average molecular weight is 227 g/mol. The minimum Gasteiger partial charge on any atom is -0.394 e. The van der Waals surface area contributed by atoms with E-state index in [9.17, 15) is 13.2 Å². The minimum absolute atomic E-state index is 0.0458. The fourth-order valence-electron chi connectivity index (χ4n) is 2.04. The molecule has 0 radical (unpaired) electrons. The first-order valence-corrected chi connectivity index (χ1v) is 4.81. The highest BCUT2D eigenvalue weighted by Gasteiger charge is 2.50. The molecule has 3 unspecified atom stereocenters. The molecule has 3 nitrogen and oxygen atoms in total. The van der Waals surface area contributed by atoms with Gasteiger partial charge in [0.15, 0.2) is 0 Å². The average Bonchev–Trinajstić information content (AvgIpc) is 2.16. The highest BCUT2D eigenvalue weighted by atomic mass is 19.4. The van der Waals surface area contributed by atoms with Crippen LogP contribution in [-0.2, 0) is 4.74 Å². The molecule has 1 rings (SSSR count). The van der Waals surface area contributed by atoms with E-state index in [1.807, 2.05) is 0 Å². The first kappa shape index (κ1) is 12.7. The fourth-order valence-corrected chi connectivity index (χ4v) is 2.04. The number of hydrogen-bond donors (Lipinski definition) is 2. The van der Waals surface area contributed by atoms with Crippen molar-refractivity contribution in [2.45, 2.75) is 37.1 Å². The van der Waals surface area contributed by atoms with E-state index in [0.717, 1.165) is 0 Å². The van der Waals surface area contributed by atoms with Gasteiger partial charge in [0.05, 0.1) is 18.6 Å². The van der Waals surface area contributed by atoms with Gasteiger partial charge in [-0.1, -0.05) is 0 Å². The fraction of sp³-hybridized carbons (Fsp3) is 1.00. The number of ether oxygens (including phenoxy) is 1. The van der Waals surface area contributed by atoms with Gasteiger partial charge < -0.3 is 15.6 Å². The Labute approximate surface area is 86.4 Å². The van der Waals surface area contributed by atoms with Crippen molar-refractivity contribution in [3.8, 4) is 0 Å². The van der Waals surface area contributed by atoms with Gasteiger partial charge in [0.1, 0.15) is 0 Å². The van der Waals surface area contributed by atoms with Gasteiger partial charge in [-0.25, -0.2) is 0 Å². The van der Waals surface area contributed by atoms with Crippen LogP contribution in [0.1, 0.15) is 19.3 Å². The van der Waals surface area contributed by atoms with E-state index in [4.69, 9.17) is 15.6 Å². The first-order chi connectivity index (χ1) is 6.82. The normalized spacial score (nSPS) is 38.0. The Morgan fingerprint density at radius 3 is 2.53 bits per heavy atom. The summed E-state index contributed by atoms with van der Waals surface area (Å²) in [5.74, 6) is -1.47. The number of nitrogens with two attached hydrogens (primary N) is 1. The Hall–Kier alpha value is -0.330. The van der Waals surface area contributed by atoms with Crippen LogP contribution in [0.2, 0.25) is 0 Å². The van der Waals surface area contributed by atoms with Gasteiger partial charge in [-0.05, 0) is 19.3 Å². The van der Waals surface area contributed by atoms with Crippen LogP contribution >= 0.6 is 0 Å². The van der Waals surface area contributed by atoms with E-state index in [2.05, 4.69) is 0 Å². The number of hydrogen-bond acceptors (Lipinski definition) is 3. The molecule has 0 aromatic heterocycles. The first-order valence-electron chi connectivity index (χ1n) is 4.81. The summed E-state index contributed by atoms with van der Waals surface area (Å²) in [7, 11) is 1.24. The maximum absolute atomic E-state index is 12.6. The Morgan fingerprint density at radius 2 is 2.13 bits per heavy atom. The molecule has 0 spiro atoms. The Balaban J connectivity index is 2.73. The molecule has 1 saturated carbocycles. The molecule has 0 aromatic rings. The zero-order valence-corrected chi connectivity index (χ0v) is 8.55. The Kier molecular flexibility index (Phi) is 3.63. The predicted octanol–water partition coefficient (Wildman–Crippen LogP) is 1.05. The number of halogens is 3. The molecular weight excluding hydrogens is 211 g/mol. The van der Waals surface area contributed by atoms with E-state index in [1.54, 1.807) is 0 Å². The van der Waals surface area contributed by atoms with Gasteiger partial charge in [-0.15, -0.1) is 0 Å².